The maximum absolute atomic E-state index is 11.7. The van der Waals surface area contributed by atoms with Crippen LogP contribution >= 0.6 is 0 Å². The largest absolute Gasteiger partial charge is 0.355 e. The Labute approximate surface area is 113 Å². The van der Waals surface area contributed by atoms with Gasteiger partial charge in [0.2, 0.25) is 5.91 Å². The first-order chi connectivity index (χ1) is 9.33. The highest BCUT2D eigenvalue weighted by atomic mass is 16.2. The van der Waals surface area contributed by atoms with Crippen molar-refractivity contribution in [3.05, 3.63) is 48.0 Å². The van der Waals surface area contributed by atoms with Crippen molar-refractivity contribution in [3.63, 3.8) is 0 Å². The van der Waals surface area contributed by atoms with Crippen LogP contribution in [0.2, 0.25) is 0 Å². The van der Waals surface area contributed by atoms with E-state index in [1.165, 1.54) is 16.3 Å². The lowest BCUT2D eigenvalue weighted by molar-refractivity contribution is -0.126. The fourth-order valence-electron chi connectivity index (χ4n) is 2.34. The van der Waals surface area contributed by atoms with Gasteiger partial charge >= 0.3 is 0 Å². The van der Waals surface area contributed by atoms with Crippen LogP contribution in [0.4, 0.5) is 0 Å². The molecule has 1 aliphatic heterocycles. The van der Waals surface area contributed by atoms with Gasteiger partial charge in [-0.25, -0.2) is 0 Å². The van der Waals surface area contributed by atoms with Crippen LogP contribution in [0.25, 0.3) is 10.8 Å². The molecule has 1 amide bonds. The molecule has 0 radical (unpaired) electrons. The number of fused-ring (bicyclic) bond motifs is 1. The molecule has 3 rings (SSSR count). The van der Waals surface area contributed by atoms with Crippen molar-refractivity contribution in [2.24, 2.45) is 5.92 Å². The lowest BCUT2D eigenvalue weighted by atomic mass is 10.0. The zero-order valence-electron chi connectivity index (χ0n) is 10.9. The smallest absolute Gasteiger partial charge is 0.225 e. The molecule has 3 nitrogen and oxygen atoms in total. The minimum absolute atomic E-state index is 0.177. The molecular weight excluding hydrogens is 236 g/mol. The van der Waals surface area contributed by atoms with Gasteiger partial charge in [-0.2, -0.15) is 0 Å². The summed E-state index contributed by atoms with van der Waals surface area (Å²) >= 11 is 0. The van der Waals surface area contributed by atoms with E-state index in [1.54, 1.807) is 0 Å². The monoisotopic (exact) mass is 254 g/mol. The van der Waals surface area contributed by atoms with Gasteiger partial charge in [-0.3, -0.25) is 4.79 Å². The van der Waals surface area contributed by atoms with Crippen LogP contribution < -0.4 is 10.6 Å². The number of hydrogen-bond acceptors (Lipinski definition) is 2. The molecule has 3 heteroatoms. The minimum Gasteiger partial charge on any atom is -0.355 e. The summed E-state index contributed by atoms with van der Waals surface area (Å²) < 4.78 is 0. The summed E-state index contributed by atoms with van der Waals surface area (Å²) in [7, 11) is 0. The molecule has 2 aromatic rings. The Kier molecular flexibility index (Phi) is 3.47. The molecule has 1 saturated heterocycles. The molecular formula is C16H18N2O. The van der Waals surface area contributed by atoms with Crippen LogP contribution in [0.5, 0.6) is 0 Å². The van der Waals surface area contributed by atoms with E-state index < -0.39 is 0 Å². The second kappa shape index (κ2) is 5.41. The number of nitrogens with one attached hydrogen (secondary N) is 2. The third kappa shape index (κ3) is 2.76. The zero-order valence-corrected chi connectivity index (χ0v) is 10.9. The van der Waals surface area contributed by atoms with Gasteiger partial charge in [0.15, 0.2) is 0 Å². The van der Waals surface area contributed by atoms with Crippen LogP contribution in [-0.4, -0.2) is 25.5 Å². The third-order valence-electron chi connectivity index (χ3n) is 3.68. The van der Waals surface area contributed by atoms with E-state index in [-0.39, 0.29) is 11.8 Å². The van der Waals surface area contributed by atoms with Crippen molar-refractivity contribution in [2.45, 2.75) is 6.42 Å². The Bertz CT molecular complexity index is 590. The summed E-state index contributed by atoms with van der Waals surface area (Å²) in [5, 5.41) is 8.63. The summed E-state index contributed by atoms with van der Waals surface area (Å²) in [6.45, 7) is 2.36. The molecule has 98 valence electrons. The van der Waals surface area contributed by atoms with Gasteiger partial charge in [-0.1, -0.05) is 42.5 Å². The van der Waals surface area contributed by atoms with E-state index in [0.29, 0.717) is 6.54 Å². The first-order valence-corrected chi connectivity index (χ1v) is 6.79. The van der Waals surface area contributed by atoms with Gasteiger partial charge in [0.1, 0.15) is 0 Å². The fraction of sp³-hybridized carbons (Fsp3) is 0.312. The molecule has 0 unspecified atom stereocenters. The van der Waals surface area contributed by atoms with Gasteiger partial charge in [0.25, 0.3) is 0 Å². The van der Waals surface area contributed by atoms with Gasteiger partial charge in [-0.15, -0.1) is 0 Å². The Balaban J connectivity index is 1.57. The summed E-state index contributed by atoms with van der Waals surface area (Å²) in [5.41, 5.74) is 1.27. The van der Waals surface area contributed by atoms with E-state index in [9.17, 15) is 4.79 Å². The zero-order chi connectivity index (χ0) is 13.1. The van der Waals surface area contributed by atoms with E-state index in [4.69, 9.17) is 0 Å². The van der Waals surface area contributed by atoms with Crippen molar-refractivity contribution < 1.29 is 4.79 Å². The second-order valence-electron chi connectivity index (χ2n) is 5.08. The average Bonchev–Trinajstić information content (AvgIpc) is 2.36. The molecule has 1 heterocycles. The molecule has 1 aliphatic rings. The van der Waals surface area contributed by atoms with Crippen LogP contribution in [0.1, 0.15) is 5.56 Å². The lowest BCUT2D eigenvalue weighted by Crippen LogP contribution is -2.51. The summed E-state index contributed by atoms with van der Waals surface area (Å²) in [4.78, 5) is 11.7. The molecule has 0 atom stereocenters. The molecule has 19 heavy (non-hydrogen) atoms. The second-order valence-corrected chi connectivity index (χ2v) is 5.08. The van der Waals surface area contributed by atoms with Gasteiger partial charge in [0.05, 0.1) is 5.92 Å². The Morgan fingerprint density at radius 2 is 1.95 bits per heavy atom. The average molecular weight is 254 g/mol. The minimum atomic E-state index is 0.177. The van der Waals surface area contributed by atoms with Crippen LogP contribution in [0.3, 0.4) is 0 Å². The first kappa shape index (κ1) is 12.2. The molecule has 0 bridgehead atoms. The van der Waals surface area contributed by atoms with Gasteiger partial charge in [-0.05, 0) is 22.8 Å². The maximum atomic E-state index is 11.7. The van der Waals surface area contributed by atoms with Crippen molar-refractivity contribution in [1.82, 2.24) is 10.6 Å². The molecule has 2 N–H and O–H groups in total. The van der Waals surface area contributed by atoms with Crippen molar-refractivity contribution >= 4 is 16.7 Å². The predicted octanol–water partition coefficient (Wildman–Crippen LogP) is 1.72. The van der Waals surface area contributed by atoms with E-state index >= 15 is 0 Å². The molecule has 0 saturated carbocycles. The van der Waals surface area contributed by atoms with Gasteiger partial charge in [0, 0.05) is 19.6 Å². The first-order valence-electron chi connectivity index (χ1n) is 6.79. The predicted molar refractivity (Wildman–Crippen MR) is 77.0 cm³/mol. The number of hydrogen-bond donors (Lipinski definition) is 2. The van der Waals surface area contributed by atoms with Crippen LogP contribution in [0.15, 0.2) is 42.5 Å². The van der Waals surface area contributed by atoms with Crippen molar-refractivity contribution in [3.8, 4) is 0 Å². The number of rotatable bonds is 4. The molecule has 0 spiro atoms. The Hall–Kier alpha value is -1.87. The molecule has 0 aliphatic carbocycles. The van der Waals surface area contributed by atoms with Crippen LogP contribution in [0, 0.1) is 5.92 Å². The SMILES string of the molecule is O=C(NCCc1ccc2ccccc2c1)C1CNC1. The summed E-state index contributed by atoms with van der Waals surface area (Å²) in [5.74, 6) is 0.358. The van der Waals surface area contributed by atoms with E-state index in [2.05, 4.69) is 53.1 Å². The van der Waals surface area contributed by atoms with E-state index in [1.807, 2.05) is 0 Å². The molecule has 2 aromatic carbocycles. The lowest BCUT2D eigenvalue weighted by Gasteiger charge is -2.25. The molecule has 1 fully saturated rings. The van der Waals surface area contributed by atoms with E-state index in [0.717, 1.165) is 19.5 Å². The normalized spacial score (nSPS) is 15.2. The number of carbonyl (C=O) groups is 1. The van der Waals surface area contributed by atoms with Gasteiger partial charge < -0.3 is 10.6 Å². The van der Waals surface area contributed by atoms with Crippen LogP contribution in [-0.2, 0) is 11.2 Å². The topological polar surface area (TPSA) is 41.1 Å². The number of amides is 1. The van der Waals surface area contributed by atoms with Crippen molar-refractivity contribution in [2.75, 3.05) is 19.6 Å². The number of benzene rings is 2. The summed E-state index contributed by atoms with van der Waals surface area (Å²) in [6, 6.07) is 14.8. The van der Waals surface area contributed by atoms with Crippen molar-refractivity contribution in [1.29, 1.82) is 0 Å². The fourth-order valence-corrected chi connectivity index (χ4v) is 2.34. The highest BCUT2D eigenvalue weighted by Crippen LogP contribution is 2.15. The quantitative estimate of drug-likeness (QED) is 0.872. The third-order valence-corrected chi connectivity index (χ3v) is 3.68. The maximum Gasteiger partial charge on any atom is 0.225 e. The highest BCUT2D eigenvalue weighted by Gasteiger charge is 2.23. The standard InChI is InChI=1S/C16H18N2O/c19-16(15-10-17-11-15)18-8-7-12-5-6-13-3-1-2-4-14(13)9-12/h1-6,9,15,17H,7-8,10-11H2,(H,18,19). The summed E-state index contributed by atoms with van der Waals surface area (Å²) in [6.07, 6.45) is 0.886. The molecule has 0 aromatic heterocycles. The highest BCUT2D eigenvalue weighted by molar-refractivity contribution is 5.83. The number of carbonyl (C=O) groups excluding carboxylic acids is 1. The Morgan fingerprint density at radius 3 is 2.68 bits per heavy atom. The Morgan fingerprint density at radius 1 is 1.16 bits per heavy atom.